The molecule has 1 aromatic rings. The van der Waals surface area contributed by atoms with Crippen molar-refractivity contribution in [1.82, 2.24) is 15.3 Å². The van der Waals surface area contributed by atoms with E-state index >= 15 is 0 Å². The summed E-state index contributed by atoms with van der Waals surface area (Å²) in [6.45, 7) is 2.02. The molecule has 1 saturated carbocycles. The number of aryl methyl sites for hydroxylation is 1. The van der Waals surface area contributed by atoms with Crippen LogP contribution < -0.4 is 5.32 Å². The minimum absolute atomic E-state index is 0.604. The number of aromatic nitrogens is 2. The fourth-order valence-corrected chi connectivity index (χ4v) is 3.46. The maximum atomic E-state index is 4.34. The minimum Gasteiger partial charge on any atom is -0.316 e. The zero-order valence-corrected chi connectivity index (χ0v) is 11.5. The number of thioether (sulfide) groups is 1. The van der Waals surface area contributed by atoms with E-state index in [2.05, 4.69) is 22.3 Å². The van der Waals surface area contributed by atoms with E-state index in [4.69, 9.17) is 0 Å². The van der Waals surface area contributed by atoms with Gasteiger partial charge in [-0.2, -0.15) is 0 Å². The second-order valence-corrected chi connectivity index (χ2v) is 5.78. The summed E-state index contributed by atoms with van der Waals surface area (Å²) in [5.41, 5.74) is 1.12. The first-order valence-electron chi connectivity index (χ1n) is 6.38. The summed E-state index contributed by atoms with van der Waals surface area (Å²) in [6, 6.07) is 0.604. The van der Waals surface area contributed by atoms with Gasteiger partial charge in [0, 0.05) is 24.2 Å². The molecule has 1 heterocycles. The Balaban J connectivity index is 1.84. The summed E-state index contributed by atoms with van der Waals surface area (Å²) in [5.74, 6) is 1.92. The van der Waals surface area contributed by atoms with Crippen molar-refractivity contribution in [2.75, 3.05) is 12.8 Å². The molecule has 1 N–H and O–H groups in total. The van der Waals surface area contributed by atoms with Crippen molar-refractivity contribution in [3.8, 4) is 0 Å². The van der Waals surface area contributed by atoms with Gasteiger partial charge in [-0.25, -0.2) is 9.97 Å². The quantitative estimate of drug-likeness (QED) is 0.645. The molecule has 94 valence electrons. The molecule has 1 unspecified atom stereocenters. The third-order valence-corrected chi connectivity index (χ3v) is 4.48. The lowest BCUT2D eigenvalue weighted by Crippen LogP contribution is -2.34. The van der Waals surface area contributed by atoms with Crippen LogP contribution in [0.4, 0.5) is 0 Å². The van der Waals surface area contributed by atoms with Crippen molar-refractivity contribution in [3.63, 3.8) is 0 Å². The van der Waals surface area contributed by atoms with Crippen LogP contribution in [0.15, 0.2) is 17.6 Å². The molecular formula is C13H21N3S. The number of hydrogen-bond donors (Lipinski definition) is 1. The van der Waals surface area contributed by atoms with Crippen molar-refractivity contribution >= 4 is 11.8 Å². The highest BCUT2D eigenvalue weighted by atomic mass is 32.2. The highest BCUT2D eigenvalue weighted by molar-refractivity contribution is 7.99. The number of rotatable bonds is 5. The molecule has 0 saturated heterocycles. The molecule has 0 amide bonds. The van der Waals surface area contributed by atoms with Gasteiger partial charge < -0.3 is 5.32 Å². The van der Waals surface area contributed by atoms with E-state index in [-0.39, 0.29) is 0 Å². The average Bonchev–Trinajstić information content (AvgIpc) is 2.86. The Kier molecular flexibility index (Phi) is 4.80. The van der Waals surface area contributed by atoms with Crippen LogP contribution in [0.1, 0.15) is 31.2 Å². The van der Waals surface area contributed by atoms with E-state index in [1.165, 1.54) is 25.7 Å². The first-order valence-corrected chi connectivity index (χ1v) is 7.37. The summed E-state index contributed by atoms with van der Waals surface area (Å²) in [4.78, 5) is 8.67. The van der Waals surface area contributed by atoms with Gasteiger partial charge in [-0.15, -0.1) is 0 Å². The van der Waals surface area contributed by atoms with E-state index in [1.54, 1.807) is 11.8 Å². The second-order valence-electron chi connectivity index (χ2n) is 4.79. The molecule has 0 radical (unpaired) electrons. The zero-order valence-electron chi connectivity index (χ0n) is 10.6. The predicted molar refractivity (Wildman–Crippen MR) is 72.3 cm³/mol. The van der Waals surface area contributed by atoms with Gasteiger partial charge in [0.15, 0.2) is 5.16 Å². The van der Waals surface area contributed by atoms with Gasteiger partial charge in [0.05, 0.1) is 0 Å². The highest BCUT2D eigenvalue weighted by Gasteiger charge is 2.23. The Labute approximate surface area is 108 Å². The Morgan fingerprint density at radius 3 is 2.59 bits per heavy atom. The molecule has 1 fully saturated rings. The molecule has 1 aliphatic rings. The zero-order chi connectivity index (χ0) is 12.1. The molecule has 0 aliphatic heterocycles. The lowest BCUT2D eigenvalue weighted by atomic mass is 10.0. The molecular weight excluding hydrogens is 230 g/mol. The van der Waals surface area contributed by atoms with Gasteiger partial charge in [-0.1, -0.05) is 24.6 Å². The van der Waals surface area contributed by atoms with Crippen molar-refractivity contribution in [3.05, 3.63) is 18.0 Å². The molecule has 4 heteroatoms. The maximum absolute atomic E-state index is 4.34. The molecule has 3 nitrogen and oxygen atoms in total. The van der Waals surface area contributed by atoms with Crippen molar-refractivity contribution in [2.24, 2.45) is 5.92 Å². The molecule has 1 aromatic heterocycles. The van der Waals surface area contributed by atoms with E-state index in [0.29, 0.717) is 6.04 Å². The topological polar surface area (TPSA) is 37.8 Å². The van der Waals surface area contributed by atoms with Crippen LogP contribution in [0, 0.1) is 12.8 Å². The van der Waals surface area contributed by atoms with Gasteiger partial charge in [0.2, 0.25) is 0 Å². The average molecular weight is 251 g/mol. The van der Waals surface area contributed by atoms with Gasteiger partial charge >= 0.3 is 0 Å². The number of hydrogen-bond acceptors (Lipinski definition) is 4. The van der Waals surface area contributed by atoms with Crippen LogP contribution in [0.3, 0.4) is 0 Å². The van der Waals surface area contributed by atoms with E-state index in [1.807, 2.05) is 19.3 Å². The Hall–Kier alpha value is -0.610. The maximum Gasteiger partial charge on any atom is 0.187 e. The van der Waals surface area contributed by atoms with E-state index in [9.17, 15) is 0 Å². The van der Waals surface area contributed by atoms with Gasteiger partial charge in [-0.3, -0.25) is 0 Å². The fourth-order valence-electron chi connectivity index (χ4n) is 2.43. The van der Waals surface area contributed by atoms with E-state index < -0.39 is 0 Å². The molecule has 1 atom stereocenters. The molecule has 0 aromatic carbocycles. The molecule has 0 spiro atoms. The van der Waals surface area contributed by atoms with E-state index in [0.717, 1.165) is 22.4 Å². The van der Waals surface area contributed by atoms with Crippen LogP contribution >= 0.6 is 11.8 Å². The number of nitrogens with zero attached hydrogens (tertiary/aromatic N) is 2. The Bertz CT molecular complexity index is 333. The van der Waals surface area contributed by atoms with Gasteiger partial charge in [0.1, 0.15) is 0 Å². The Morgan fingerprint density at radius 1 is 1.35 bits per heavy atom. The standard InChI is InChI=1S/C13H21N3S/c1-10-7-15-13(16-8-10)17-9-12(14-2)11-5-3-4-6-11/h7-8,11-12,14H,3-6,9H2,1-2H3. The third kappa shape index (κ3) is 3.68. The highest BCUT2D eigenvalue weighted by Crippen LogP contribution is 2.29. The Morgan fingerprint density at radius 2 is 2.00 bits per heavy atom. The molecule has 17 heavy (non-hydrogen) atoms. The summed E-state index contributed by atoms with van der Waals surface area (Å²) in [6.07, 6.45) is 9.32. The third-order valence-electron chi connectivity index (χ3n) is 3.49. The monoisotopic (exact) mass is 251 g/mol. The van der Waals surface area contributed by atoms with Crippen LogP contribution in [-0.2, 0) is 0 Å². The largest absolute Gasteiger partial charge is 0.316 e. The van der Waals surface area contributed by atoms with Crippen molar-refractivity contribution < 1.29 is 0 Å². The first-order chi connectivity index (χ1) is 8.29. The molecule has 1 aliphatic carbocycles. The normalized spacial score (nSPS) is 18.5. The summed E-state index contributed by atoms with van der Waals surface area (Å²) in [5, 5.41) is 4.35. The van der Waals surface area contributed by atoms with Gasteiger partial charge in [-0.05, 0) is 38.3 Å². The summed E-state index contributed by atoms with van der Waals surface area (Å²) in [7, 11) is 2.07. The fraction of sp³-hybridized carbons (Fsp3) is 0.692. The minimum atomic E-state index is 0.604. The first kappa shape index (κ1) is 12.8. The second kappa shape index (κ2) is 6.36. The molecule has 0 bridgehead atoms. The summed E-state index contributed by atoms with van der Waals surface area (Å²) >= 11 is 1.76. The number of nitrogens with one attached hydrogen (secondary N) is 1. The SMILES string of the molecule is CNC(CSc1ncc(C)cn1)C1CCCC1. The van der Waals surface area contributed by atoms with Crippen LogP contribution in [0.5, 0.6) is 0 Å². The van der Waals surface area contributed by atoms with Crippen LogP contribution in [-0.4, -0.2) is 28.8 Å². The van der Waals surface area contributed by atoms with Crippen LogP contribution in [0.25, 0.3) is 0 Å². The van der Waals surface area contributed by atoms with Gasteiger partial charge in [0.25, 0.3) is 0 Å². The summed E-state index contributed by atoms with van der Waals surface area (Å²) < 4.78 is 0. The molecule has 2 rings (SSSR count). The lowest BCUT2D eigenvalue weighted by Gasteiger charge is -2.21. The predicted octanol–water partition coefficient (Wildman–Crippen LogP) is 2.66. The smallest absolute Gasteiger partial charge is 0.187 e. The lowest BCUT2D eigenvalue weighted by molar-refractivity contribution is 0.410. The van der Waals surface area contributed by atoms with Crippen LogP contribution in [0.2, 0.25) is 0 Å². The van der Waals surface area contributed by atoms with Crippen molar-refractivity contribution in [1.29, 1.82) is 0 Å². The van der Waals surface area contributed by atoms with Crippen molar-refractivity contribution in [2.45, 2.75) is 43.8 Å².